The van der Waals surface area contributed by atoms with E-state index in [2.05, 4.69) is 23.2 Å². The van der Waals surface area contributed by atoms with Crippen molar-refractivity contribution in [3.63, 3.8) is 0 Å². The smallest absolute Gasteiger partial charge is 0.193 e. The summed E-state index contributed by atoms with van der Waals surface area (Å²) < 4.78 is 10.8. The summed E-state index contributed by atoms with van der Waals surface area (Å²) in [5, 5.41) is 3.35. The molecule has 0 amide bonds. The lowest BCUT2D eigenvalue weighted by atomic mass is 10.2. The summed E-state index contributed by atoms with van der Waals surface area (Å²) in [6, 6.07) is 8.09. The highest BCUT2D eigenvalue weighted by Crippen LogP contribution is 2.18. The Kier molecular flexibility index (Phi) is 9.87. The van der Waals surface area contributed by atoms with Crippen LogP contribution in [-0.4, -0.2) is 51.3 Å². The maximum absolute atomic E-state index is 5.42. The van der Waals surface area contributed by atoms with Crippen molar-refractivity contribution in [1.29, 1.82) is 0 Å². The first-order valence-electron chi connectivity index (χ1n) is 8.42. The lowest BCUT2D eigenvalue weighted by Crippen LogP contribution is -2.38. The number of hydrogen-bond acceptors (Lipinski definition) is 3. The molecule has 0 radical (unpaired) electrons. The molecule has 1 rings (SSSR count). The number of aliphatic imine (C=N–C) groups is 1. The molecule has 0 unspecified atom stereocenters. The molecule has 130 valence electrons. The molecule has 0 saturated heterocycles. The molecule has 1 aromatic carbocycles. The number of methoxy groups -OCH3 is 1. The Morgan fingerprint density at radius 1 is 1.22 bits per heavy atom. The maximum Gasteiger partial charge on any atom is 0.193 e. The summed E-state index contributed by atoms with van der Waals surface area (Å²) in [4.78, 5) is 6.83. The van der Waals surface area contributed by atoms with Crippen LogP contribution < -0.4 is 10.1 Å². The molecular weight excluding hydrogens is 290 g/mol. The van der Waals surface area contributed by atoms with E-state index in [0.29, 0.717) is 0 Å². The Labute approximate surface area is 140 Å². The highest BCUT2D eigenvalue weighted by atomic mass is 16.5. The first-order chi connectivity index (χ1) is 11.2. The summed E-state index contributed by atoms with van der Waals surface area (Å²) >= 11 is 0. The van der Waals surface area contributed by atoms with Gasteiger partial charge in [0.15, 0.2) is 5.96 Å². The van der Waals surface area contributed by atoms with Gasteiger partial charge in [-0.15, -0.1) is 0 Å². The van der Waals surface area contributed by atoms with E-state index in [1.807, 2.05) is 32.2 Å². The summed E-state index contributed by atoms with van der Waals surface area (Å²) in [5.41, 5.74) is 1.15. The van der Waals surface area contributed by atoms with E-state index in [0.717, 1.165) is 63.0 Å². The SMILES string of the molecule is CCNC(=NCCCCOCC)N(C)Cc1ccccc1OC. The minimum atomic E-state index is 0.759. The molecule has 0 aliphatic carbocycles. The van der Waals surface area contributed by atoms with E-state index in [-0.39, 0.29) is 0 Å². The maximum atomic E-state index is 5.42. The van der Waals surface area contributed by atoms with E-state index in [1.165, 1.54) is 0 Å². The number of guanidine groups is 1. The number of nitrogens with one attached hydrogen (secondary N) is 1. The van der Waals surface area contributed by atoms with Gasteiger partial charge in [-0.1, -0.05) is 18.2 Å². The van der Waals surface area contributed by atoms with Crippen molar-refractivity contribution in [3.8, 4) is 5.75 Å². The highest BCUT2D eigenvalue weighted by molar-refractivity contribution is 5.79. The molecule has 0 aliphatic heterocycles. The van der Waals surface area contributed by atoms with Crippen LogP contribution in [0.1, 0.15) is 32.3 Å². The van der Waals surface area contributed by atoms with Crippen molar-refractivity contribution in [2.24, 2.45) is 4.99 Å². The van der Waals surface area contributed by atoms with Crippen molar-refractivity contribution < 1.29 is 9.47 Å². The molecule has 0 aromatic heterocycles. The van der Waals surface area contributed by atoms with Crippen LogP contribution in [0.3, 0.4) is 0 Å². The fraction of sp³-hybridized carbons (Fsp3) is 0.611. The molecule has 5 nitrogen and oxygen atoms in total. The predicted molar refractivity (Wildman–Crippen MR) is 96.2 cm³/mol. The van der Waals surface area contributed by atoms with Gasteiger partial charge in [0.05, 0.1) is 7.11 Å². The van der Waals surface area contributed by atoms with Crippen molar-refractivity contribution in [3.05, 3.63) is 29.8 Å². The average Bonchev–Trinajstić information content (AvgIpc) is 2.57. The predicted octanol–water partition coefficient (Wildman–Crippen LogP) is 2.91. The second-order valence-electron chi connectivity index (χ2n) is 5.31. The lowest BCUT2D eigenvalue weighted by Gasteiger charge is -2.23. The summed E-state index contributed by atoms with van der Waals surface area (Å²) in [6.45, 7) is 8.14. The van der Waals surface area contributed by atoms with Crippen LogP contribution in [0.2, 0.25) is 0 Å². The van der Waals surface area contributed by atoms with Gasteiger partial charge in [0, 0.05) is 45.5 Å². The second kappa shape index (κ2) is 11.8. The molecule has 0 fully saturated rings. The normalized spacial score (nSPS) is 11.4. The number of nitrogens with zero attached hydrogens (tertiary/aromatic N) is 2. The summed E-state index contributed by atoms with van der Waals surface area (Å²) in [6.07, 6.45) is 2.09. The van der Waals surface area contributed by atoms with Crippen LogP contribution in [0.15, 0.2) is 29.3 Å². The van der Waals surface area contributed by atoms with Gasteiger partial charge in [-0.3, -0.25) is 4.99 Å². The summed E-state index contributed by atoms with van der Waals surface area (Å²) in [5.74, 6) is 1.83. The standard InChI is InChI=1S/C18H31N3O2/c1-5-19-18(20-13-9-10-14-23-6-2)21(3)15-16-11-7-8-12-17(16)22-4/h7-8,11-12H,5-6,9-10,13-15H2,1-4H3,(H,19,20). The Morgan fingerprint density at radius 3 is 2.70 bits per heavy atom. The van der Waals surface area contributed by atoms with Gasteiger partial charge in [0.1, 0.15) is 5.75 Å². The van der Waals surface area contributed by atoms with Crippen molar-refractivity contribution in [2.75, 3.05) is 40.5 Å². The minimum Gasteiger partial charge on any atom is -0.496 e. The molecule has 0 atom stereocenters. The molecule has 0 aliphatic rings. The zero-order valence-corrected chi connectivity index (χ0v) is 15.0. The number of para-hydroxylation sites is 1. The molecule has 0 bridgehead atoms. The average molecular weight is 321 g/mol. The van der Waals surface area contributed by atoms with Crippen LogP contribution in [-0.2, 0) is 11.3 Å². The van der Waals surface area contributed by atoms with Gasteiger partial charge in [-0.25, -0.2) is 0 Å². The Balaban J connectivity index is 2.57. The summed E-state index contributed by atoms with van der Waals surface area (Å²) in [7, 11) is 3.75. The topological polar surface area (TPSA) is 46.1 Å². The number of ether oxygens (including phenoxy) is 2. The first-order valence-corrected chi connectivity index (χ1v) is 8.42. The first kappa shape index (κ1) is 19.3. The minimum absolute atomic E-state index is 0.759. The fourth-order valence-corrected chi connectivity index (χ4v) is 2.28. The van der Waals surface area contributed by atoms with Crippen LogP contribution in [0.25, 0.3) is 0 Å². The Bertz CT molecular complexity index is 463. The molecule has 5 heteroatoms. The van der Waals surface area contributed by atoms with E-state index in [1.54, 1.807) is 7.11 Å². The van der Waals surface area contributed by atoms with Crippen LogP contribution >= 0.6 is 0 Å². The van der Waals surface area contributed by atoms with Gasteiger partial charge in [0.2, 0.25) is 0 Å². The highest BCUT2D eigenvalue weighted by Gasteiger charge is 2.09. The molecule has 23 heavy (non-hydrogen) atoms. The zero-order chi connectivity index (χ0) is 16.9. The van der Waals surface area contributed by atoms with Gasteiger partial charge in [0.25, 0.3) is 0 Å². The third-order valence-corrected chi connectivity index (χ3v) is 3.46. The largest absolute Gasteiger partial charge is 0.496 e. The van der Waals surface area contributed by atoms with E-state index in [9.17, 15) is 0 Å². The Hall–Kier alpha value is -1.75. The van der Waals surface area contributed by atoms with E-state index in [4.69, 9.17) is 14.5 Å². The molecule has 0 spiro atoms. The monoisotopic (exact) mass is 321 g/mol. The molecule has 0 saturated carbocycles. The lowest BCUT2D eigenvalue weighted by molar-refractivity contribution is 0.144. The number of benzene rings is 1. The van der Waals surface area contributed by atoms with Gasteiger partial charge < -0.3 is 19.7 Å². The quantitative estimate of drug-likeness (QED) is 0.409. The second-order valence-corrected chi connectivity index (χ2v) is 5.31. The molecule has 1 N–H and O–H groups in total. The number of rotatable bonds is 10. The van der Waals surface area contributed by atoms with E-state index >= 15 is 0 Å². The van der Waals surface area contributed by atoms with Crippen LogP contribution in [0.4, 0.5) is 0 Å². The van der Waals surface area contributed by atoms with Gasteiger partial charge in [-0.2, -0.15) is 0 Å². The van der Waals surface area contributed by atoms with Crippen molar-refractivity contribution in [2.45, 2.75) is 33.2 Å². The molecule has 1 aromatic rings. The van der Waals surface area contributed by atoms with Crippen molar-refractivity contribution >= 4 is 5.96 Å². The van der Waals surface area contributed by atoms with Crippen molar-refractivity contribution in [1.82, 2.24) is 10.2 Å². The third kappa shape index (κ3) is 7.37. The number of unbranched alkanes of at least 4 members (excludes halogenated alkanes) is 1. The number of hydrogen-bond donors (Lipinski definition) is 1. The van der Waals surface area contributed by atoms with Gasteiger partial charge >= 0.3 is 0 Å². The fourth-order valence-electron chi connectivity index (χ4n) is 2.28. The van der Waals surface area contributed by atoms with Crippen LogP contribution in [0.5, 0.6) is 5.75 Å². The molecule has 0 heterocycles. The third-order valence-electron chi connectivity index (χ3n) is 3.46. The molecular formula is C18H31N3O2. The zero-order valence-electron chi connectivity index (χ0n) is 15.0. The van der Waals surface area contributed by atoms with Crippen LogP contribution in [0, 0.1) is 0 Å². The van der Waals surface area contributed by atoms with Gasteiger partial charge in [-0.05, 0) is 32.8 Å². The Morgan fingerprint density at radius 2 is 2.00 bits per heavy atom. The van der Waals surface area contributed by atoms with E-state index < -0.39 is 0 Å².